The molecule has 0 fully saturated rings. The van der Waals surface area contributed by atoms with Crippen LogP contribution in [0, 0.1) is 0 Å². The van der Waals surface area contributed by atoms with E-state index in [0.29, 0.717) is 5.56 Å². The molecule has 0 saturated carbocycles. The number of nitrogens with zero attached hydrogens (tertiary/aromatic N) is 1. The molecular weight excluding hydrogens is 382 g/mol. The molecule has 3 aromatic rings. The number of ether oxygens (including phenoxy) is 1. The minimum Gasteiger partial charge on any atom is -0.872 e. The van der Waals surface area contributed by atoms with Crippen molar-refractivity contribution in [3.8, 4) is 11.5 Å². The molecule has 0 bridgehead atoms. The van der Waals surface area contributed by atoms with Crippen LogP contribution in [0.1, 0.15) is 22.8 Å². The van der Waals surface area contributed by atoms with Gasteiger partial charge in [-0.2, -0.15) is 0 Å². The molecule has 0 aliphatic carbocycles. The van der Waals surface area contributed by atoms with Gasteiger partial charge in [-0.25, -0.2) is 4.79 Å². The quantitative estimate of drug-likeness (QED) is 0.385. The molecule has 3 aromatic carbocycles. The Hall–Kier alpha value is -2.82. The van der Waals surface area contributed by atoms with Crippen LogP contribution in [0.25, 0.3) is 10.8 Å². The number of hydrogen-bond acceptors (Lipinski definition) is 5. The maximum absolute atomic E-state index is 12.2. The number of esters is 1. The molecule has 0 aliphatic rings. The molecular formula is C20H15CuNO4. The maximum Gasteiger partial charge on any atom is 2.00 e. The first kappa shape index (κ1) is 19.5. The first-order valence-electron chi connectivity index (χ1n) is 7.81. The van der Waals surface area contributed by atoms with E-state index >= 15 is 0 Å². The van der Waals surface area contributed by atoms with Crippen LogP contribution in [0.5, 0.6) is 11.5 Å². The minimum atomic E-state index is -0.520. The fraction of sp³-hybridized carbons (Fsp3) is 0.100. The molecule has 135 valence electrons. The fourth-order valence-corrected chi connectivity index (χ4v) is 2.50. The minimum absolute atomic E-state index is 0. The van der Waals surface area contributed by atoms with Gasteiger partial charge in [0, 0.05) is 6.21 Å². The number of hydrogen-bond donors (Lipinski definition) is 0. The van der Waals surface area contributed by atoms with Crippen molar-refractivity contribution in [1.29, 1.82) is 0 Å². The Morgan fingerprint density at radius 1 is 1.08 bits per heavy atom. The second kappa shape index (κ2) is 8.52. The van der Waals surface area contributed by atoms with Crippen molar-refractivity contribution in [3.63, 3.8) is 0 Å². The van der Waals surface area contributed by atoms with Crippen molar-refractivity contribution < 1.29 is 36.8 Å². The van der Waals surface area contributed by atoms with Crippen molar-refractivity contribution in [2.24, 2.45) is 4.99 Å². The van der Waals surface area contributed by atoms with Crippen molar-refractivity contribution in [2.45, 2.75) is 6.92 Å². The van der Waals surface area contributed by atoms with Crippen molar-refractivity contribution in [2.75, 3.05) is 6.61 Å². The predicted molar refractivity (Wildman–Crippen MR) is 92.5 cm³/mol. The number of benzene rings is 3. The van der Waals surface area contributed by atoms with Crippen molar-refractivity contribution in [1.82, 2.24) is 0 Å². The number of carbonyl (C=O) groups is 1. The van der Waals surface area contributed by atoms with E-state index in [-0.39, 0.29) is 46.4 Å². The van der Waals surface area contributed by atoms with Crippen LogP contribution in [-0.4, -0.2) is 18.8 Å². The molecule has 0 N–H and O–H groups in total. The van der Waals surface area contributed by atoms with Crippen molar-refractivity contribution in [3.05, 3.63) is 65.7 Å². The Balaban J connectivity index is 0.00000243. The molecule has 0 saturated heterocycles. The summed E-state index contributed by atoms with van der Waals surface area (Å²) >= 11 is 0. The molecule has 3 rings (SSSR count). The van der Waals surface area contributed by atoms with Crippen LogP contribution in [0.4, 0.5) is 5.69 Å². The third-order valence-electron chi connectivity index (χ3n) is 3.73. The average Bonchev–Trinajstić information content (AvgIpc) is 2.62. The second-order valence-corrected chi connectivity index (χ2v) is 5.36. The van der Waals surface area contributed by atoms with Gasteiger partial charge in [0.1, 0.15) is 0 Å². The van der Waals surface area contributed by atoms with Crippen LogP contribution in [-0.2, 0) is 21.8 Å². The van der Waals surface area contributed by atoms with E-state index in [0.717, 1.165) is 10.8 Å². The summed E-state index contributed by atoms with van der Waals surface area (Å²) in [5, 5.41) is 25.8. The number of aliphatic imine (C=N–C) groups is 1. The second-order valence-electron chi connectivity index (χ2n) is 5.36. The van der Waals surface area contributed by atoms with Crippen LogP contribution in [0.3, 0.4) is 0 Å². The summed E-state index contributed by atoms with van der Waals surface area (Å²) < 4.78 is 4.92. The molecule has 0 spiro atoms. The zero-order valence-electron chi connectivity index (χ0n) is 13.9. The summed E-state index contributed by atoms with van der Waals surface area (Å²) in [6.45, 7) is 1.95. The van der Waals surface area contributed by atoms with E-state index in [1.165, 1.54) is 30.5 Å². The zero-order chi connectivity index (χ0) is 17.8. The summed E-state index contributed by atoms with van der Waals surface area (Å²) in [4.78, 5) is 15.9. The SMILES string of the molecule is CCOC(=O)c1ccc([O-])c(N=Cc2c([O-])ccc3ccccc23)c1.[Cu+2]. The summed E-state index contributed by atoms with van der Waals surface area (Å²) in [5.41, 5.74) is 0.728. The van der Waals surface area contributed by atoms with E-state index in [2.05, 4.69) is 4.99 Å². The number of rotatable bonds is 4. The summed E-state index contributed by atoms with van der Waals surface area (Å²) in [7, 11) is 0. The van der Waals surface area contributed by atoms with Gasteiger partial charge < -0.3 is 14.9 Å². The molecule has 26 heavy (non-hydrogen) atoms. The van der Waals surface area contributed by atoms with Gasteiger partial charge in [-0.05, 0) is 35.4 Å². The van der Waals surface area contributed by atoms with Gasteiger partial charge in [0.15, 0.2) is 0 Å². The largest absolute Gasteiger partial charge is 2.00 e. The van der Waals surface area contributed by atoms with Gasteiger partial charge >= 0.3 is 23.0 Å². The summed E-state index contributed by atoms with van der Waals surface area (Å²) in [5.74, 6) is -1.04. The standard InChI is InChI=1S/C20H17NO4.Cu/c1-2-25-20(24)14-8-10-19(23)17(11-14)21-12-16-15-6-4-3-5-13(15)7-9-18(16)22;/h3-12,22-23H,2H2,1H3;/q;+2/p-2. The Morgan fingerprint density at radius 2 is 1.81 bits per heavy atom. The van der Waals surface area contributed by atoms with Gasteiger partial charge in [0.2, 0.25) is 0 Å². The van der Waals surface area contributed by atoms with Crippen LogP contribution in [0.15, 0.2) is 59.6 Å². The third kappa shape index (κ3) is 4.04. The fourth-order valence-electron chi connectivity index (χ4n) is 2.50. The van der Waals surface area contributed by atoms with Crippen LogP contribution in [0.2, 0.25) is 0 Å². The van der Waals surface area contributed by atoms with Gasteiger partial charge in [-0.3, -0.25) is 4.99 Å². The number of fused-ring (bicyclic) bond motifs is 1. The molecule has 0 amide bonds. The molecule has 0 aliphatic heterocycles. The monoisotopic (exact) mass is 396 g/mol. The first-order chi connectivity index (χ1) is 12.1. The molecule has 0 atom stereocenters. The normalized spacial score (nSPS) is 10.7. The Kier molecular flexibility index (Phi) is 6.39. The van der Waals surface area contributed by atoms with Gasteiger partial charge in [-0.15, -0.1) is 0 Å². The van der Waals surface area contributed by atoms with E-state index in [1.807, 2.05) is 24.3 Å². The predicted octanol–water partition coefficient (Wildman–Crippen LogP) is 2.91. The molecule has 5 nitrogen and oxygen atoms in total. The van der Waals surface area contributed by atoms with Gasteiger partial charge in [0.05, 0.1) is 17.9 Å². The molecule has 1 radical (unpaired) electrons. The summed E-state index contributed by atoms with van der Waals surface area (Å²) in [6, 6.07) is 14.7. The Labute approximate surface area is 161 Å². The zero-order valence-corrected chi connectivity index (χ0v) is 14.8. The van der Waals surface area contributed by atoms with Crippen LogP contribution >= 0.6 is 0 Å². The van der Waals surface area contributed by atoms with E-state index in [4.69, 9.17) is 4.74 Å². The van der Waals surface area contributed by atoms with E-state index < -0.39 is 5.97 Å². The van der Waals surface area contributed by atoms with E-state index in [9.17, 15) is 15.0 Å². The van der Waals surface area contributed by atoms with Crippen LogP contribution < -0.4 is 10.2 Å². The van der Waals surface area contributed by atoms with Gasteiger partial charge in [-0.1, -0.05) is 54.0 Å². The smallest absolute Gasteiger partial charge is 0.872 e. The molecule has 0 aromatic heterocycles. The third-order valence-corrected chi connectivity index (χ3v) is 3.73. The molecule has 0 heterocycles. The summed E-state index contributed by atoms with van der Waals surface area (Å²) in [6.07, 6.45) is 1.37. The van der Waals surface area contributed by atoms with Gasteiger partial charge in [0.25, 0.3) is 0 Å². The number of carbonyl (C=O) groups excluding carboxylic acids is 1. The van der Waals surface area contributed by atoms with E-state index in [1.54, 1.807) is 13.0 Å². The molecule has 0 unspecified atom stereocenters. The Morgan fingerprint density at radius 3 is 2.58 bits per heavy atom. The maximum atomic E-state index is 12.2. The van der Waals surface area contributed by atoms with Crippen molar-refractivity contribution >= 4 is 28.6 Å². The Bertz CT molecular complexity index is 969. The first-order valence-corrected chi connectivity index (χ1v) is 7.81. The average molecular weight is 397 g/mol. The molecule has 6 heteroatoms. The topological polar surface area (TPSA) is 84.8 Å².